The van der Waals surface area contributed by atoms with Crippen LogP contribution >= 0.6 is 0 Å². The molecule has 4 unspecified atom stereocenters. The van der Waals surface area contributed by atoms with Crippen LogP contribution in [0.5, 0.6) is 0 Å². The minimum Gasteiger partial charge on any atom is -0.352 e. The SMILES string of the molecule is CCC(C)NC(=O)C(C)N1CCCCC1C(C)N. The molecule has 0 aromatic rings. The molecular weight excluding hydrogens is 226 g/mol. The molecule has 0 aromatic heterocycles. The van der Waals surface area contributed by atoms with Crippen molar-refractivity contribution >= 4 is 5.91 Å². The molecule has 1 aliphatic rings. The molecule has 1 amide bonds. The van der Waals surface area contributed by atoms with E-state index in [9.17, 15) is 4.79 Å². The van der Waals surface area contributed by atoms with Crippen molar-refractivity contribution in [1.82, 2.24) is 10.2 Å². The van der Waals surface area contributed by atoms with Gasteiger partial charge in [-0.1, -0.05) is 13.3 Å². The van der Waals surface area contributed by atoms with E-state index in [0.29, 0.717) is 6.04 Å². The maximum absolute atomic E-state index is 12.2. The predicted molar refractivity (Wildman–Crippen MR) is 75.4 cm³/mol. The van der Waals surface area contributed by atoms with Crippen molar-refractivity contribution in [2.24, 2.45) is 5.73 Å². The molecule has 4 heteroatoms. The van der Waals surface area contributed by atoms with E-state index in [4.69, 9.17) is 5.73 Å². The van der Waals surface area contributed by atoms with Crippen LogP contribution in [-0.4, -0.2) is 41.5 Å². The van der Waals surface area contributed by atoms with Gasteiger partial charge in [0.1, 0.15) is 0 Å². The van der Waals surface area contributed by atoms with Crippen LogP contribution in [0.3, 0.4) is 0 Å². The summed E-state index contributed by atoms with van der Waals surface area (Å²) in [7, 11) is 0. The molecule has 0 aromatic carbocycles. The summed E-state index contributed by atoms with van der Waals surface area (Å²) in [5.41, 5.74) is 6.05. The number of likely N-dealkylation sites (tertiary alicyclic amines) is 1. The van der Waals surface area contributed by atoms with Crippen LogP contribution in [0.2, 0.25) is 0 Å². The first-order valence-electron chi connectivity index (χ1n) is 7.29. The molecule has 0 aliphatic carbocycles. The van der Waals surface area contributed by atoms with Gasteiger partial charge in [0.2, 0.25) is 5.91 Å². The molecule has 0 spiro atoms. The van der Waals surface area contributed by atoms with Gasteiger partial charge in [0.25, 0.3) is 0 Å². The third-order valence-electron chi connectivity index (χ3n) is 4.08. The van der Waals surface area contributed by atoms with Crippen molar-refractivity contribution in [1.29, 1.82) is 0 Å². The summed E-state index contributed by atoms with van der Waals surface area (Å²) >= 11 is 0. The zero-order valence-corrected chi connectivity index (χ0v) is 12.3. The number of rotatable bonds is 5. The minimum atomic E-state index is -0.0738. The van der Waals surface area contributed by atoms with Crippen molar-refractivity contribution in [3.05, 3.63) is 0 Å². The van der Waals surface area contributed by atoms with E-state index in [-0.39, 0.29) is 24.0 Å². The van der Waals surface area contributed by atoms with Crippen molar-refractivity contribution in [2.75, 3.05) is 6.54 Å². The molecule has 18 heavy (non-hydrogen) atoms. The van der Waals surface area contributed by atoms with Gasteiger partial charge in [-0.05, 0) is 46.6 Å². The Morgan fingerprint density at radius 1 is 1.39 bits per heavy atom. The Kier molecular flexibility index (Phi) is 6.09. The first-order valence-corrected chi connectivity index (χ1v) is 7.29. The summed E-state index contributed by atoms with van der Waals surface area (Å²) in [6.07, 6.45) is 4.47. The molecule has 4 nitrogen and oxygen atoms in total. The number of amides is 1. The Balaban J connectivity index is 2.62. The summed E-state index contributed by atoms with van der Waals surface area (Å²) in [6, 6.07) is 0.648. The lowest BCUT2D eigenvalue weighted by molar-refractivity contribution is -0.128. The van der Waals surface area contributed by atoms with Crippen molar-refractivity contribution in [3.8, 4) is 0 Å². The average molecular weight is 255 g/mol. The Bertz CT molecular complexity index is 268. The summed E-state index contributed by atoms with van der Waals surface area (Å²) in [5, 5.41) is 3.06. The smallest absolute Gasteiger partial charge is 0.237 e. The summed E-state index contributed by atoms with van der Waals surface area (Å²) in [6.45, 7) is 9.16. The maximum atomic E-state index is 12.2. The van der Waals surface area contributed by atoms with Gasteiger partial charge in [-0.3, -0.25) is 9.69 Å². The molecule has 1 heterocycles. The van der Waals surface area contributed by atoms with E-state index in [2.05, 4.69) is 17.1 Å². The van der Waals surface area contributed by atoms with E-state index < -0.39 is 0 Å². The van der Waals surface area contributed by atoms with Crippen LogP contribution in [0.1, 0.15) is 53.4 Å². The van der Waals surface area contributed by atoms with Crippen molar-refractivity contribution in [2.45, 2.75) is 77.5 Å². The standard InChI is InChI=1S/C14H29N3O/c1-5-10(2)16-14(18)12(4)17-9-7-6-8-13(17)11(3)15/h10-13H,5-9,15H2,1-4H3,(H,16,18). The number of carbonyl (C=O) groups excluding carboxylic acids is 1. The number of nitrogens with two attached hydrogens (primary N) is 1. The van der Waals surface area contributed by atoms with Gasteiger partial charge in [0.15, 0.2) is 0 Å². The van der Waals surface area contributed by atoms with Gasteiger partial charge >= 0.3 is 0 Å². The Morgan fingerprint density at radius 2 is 2.06 bits per heavy atom. The quantitative estimate of drug-likeness (QED) is 0.782. The first kappa shape index (κ1) is 15.4. The van der Waals surface area contributed by atoms with Crippen molar-refractivity contribution < 1.29 is 4.79 Å². The summed E-state index contributed by atoms with van der Waals surface area (Å²) in [5.74, 6) is 0.136. The predicted octanol–water partition coefficient (Wildman–Crippen LogP) is 1.49. The number of nitrogens with one attached hydrogen (secondary N) is 1. The highest BCUT2D eigenvalue weighted by atomic mass is 16.2. The van der Waals surface area contributed by atoms with Crippen LogP contribution in [0.15, 0.2) is 0 Å². The molecule has 1 rings (SSSR count). The lowest BCUT2D eigenvalue weighted by Gasteiger charge is -2.41. The zero-order chi connectivity index (χ0) is 13.7. The summed E-state index contributed by atoms with van der Waals surface area (Å²) in [4.78, 5) is 14.5. The largest absolute Gasteiger partial charge is 0.352 e. The van der Waals surface area contributed by atoms with E-state index in [1.54, 1.807) is 0 Å². The monoisotopic (exact) mass is 255 g/mol. The number of hydrogen-bond acceptors (Lipinski definition) is 3. The lowest BCUT2D eigenvalue weighted by Crippen LogP contribution is -2.57. The fourth-order valence-electron chi connectivity index (χ4n) is 2.64. The second kappa shape index (κ2) is 7.10. The fraction of sp³-hybridized carbons (Fsp3) is 0.929. The third kappa shape index (κ3) is 3.95. The van der Waals surface area contributed by atoms with E-state index >= 15 is 0 Å². The maximum Gasteiger partial charge on any atom is 0.237 e. The highest BCUT2D eigenvalue weighted by molar-refractivity contribution is 5.81. The van der Waals surface area contributed by atoms with Gasteiger partial charge in [0.05, 0.1) is 6.04 Å². The number of piperidine rings is 1. The molecule has 0 saturated carbocycles. The van der Waals surface area contributed by atoms with Crippen LogP contribution in [-0.2, 0) is 4.79 Å². The first-order chi connectivity index (χ1) is 8.47. The van der Waals surface area contributed by atoms with Crippen molar-refractivity contribution in [3.63, 3.8) is 0 Å². The molecule has 1 saturated heterocycles. The van der Waals surface area contributed by atoms with Crippen LogP contribution in [0.4, 0.5) is 0 Å². The fourth-order valence-corrected chi connectivity index (χ4v) is 2.64. The Hall–Kier alpha value is -0.610. The van der Waals surface area contributed by atoms with Crippen LogP contribution in [0, 0.1) is 0 Å². The van der Waals surface area contributed by atoms with Gasteiger partial charge in [-0.15, -0.1) is 0 Å². The minimum absolute atomic E-state index is 0.0738. The second-order valence-corrected chi connectivity index (χ2v) is 5.65. The van der Waals surface area contributed by atoms with Gasteiger partial charge < -0.3 is 11.1 Å². The normalized spacial score (nSPS) is 26.4. The molecule has 3 N–H and O–H groups in total. The van der Waals surface area contributed by atoms with Gasteiger partial charge in [-0.25, -0.2) is 0 Å². The number of nitrogens with zero attached hydrogens (tertiary/aromatic N) is 1. The summed E-state index contributed by atoms with van der Waals surface area (Å²) < 4.78 is 0. The van der Waals surface area contributed by atoms with Crippen LogP contribution in [0.25, 0.3) is 0 Å². The second-order valence-electron chi connectivity index (χ2n) is 5.65. The lowest BCUT2D eigenvalue weighted by atomic mass is 9.95. The molecular formula is C14H29N3O. The zero-order valence-electron chi connectivity index (χ0n) is 12.3. The molecule has 4 atom stereocenters. The average Bonchev–Trinajstić information content (AvgIpc) is 2.37. The van der Waals surface area contributed by atoms with Gasteiger partial charge in [-0.2, -0.15) is 0 Å². The van der Waals surface area contributed by atoms with E-state index in [0.717, 1.165) is 19.4 Å². The number of carbonyl (C=O) groups is 1. The molecule has 1 fully saturated rings. The molecule has 1 aliphatic heterocycles. The number of hydrogen-bond donors (Lipinski definition) is 2. The molecule has 0 bridgehead atoms. The Morgan fingerprint density at radius 3 is 2.61 bits per heavy atom. The van der Waals surface area contributed by atoms with Gasteiger partial charge in [0, 0.05) is 18.1 Å². The topological polar surface area (TPSA) is 58.4 Å². The van der Waals surface area contributed by atoms with E-state index in [1.165, 1.54) is 12.8 Å². The molecule has 0 radical (unpaired) electrons. The highest BCUT2D eigenvalue weighted by Crippen LogP contribution is 2.21. The van der Waals surface area contributed by atoms with E-state index in [1.807, 2.05) is 20.8 Å². The van der Waals surface area contributed by atoms with Crippen LogP contribution < -0.4 is 11.1 Å². The third-order valence-corrected chi connectivity index (χ3v) is 4.08. The highest BCUT2D eigenvalue weighted by Gasteiger charge is 2.32. The Labute approximate surface area is 111 Å². The molecule has 106 valence electrons.